The van der Waals surface area contributed by atoms with Crippen LogP contribution in [0, 0.1) is 5.41 Å². The number of pyridine rings is 1. The van der Waals surface area contributed by atoms with E-state index in [9.17, 15) is 9.90 Å². The molecule has 0 amide bonds. The molecule has 1 N–H and O–H groups in total. The Hall–Kier alpha value is -2.54. The minimum atomic E-state index is -0.763. The van der Waals surface area contributed by atoms with Crippen molar-refractivity contribution >= 4 is 11.8 Å². The topological polar surface area (TPSA) is 82.5 Å². The zero-order valence-corrected chi connectivity index (χ0v) is 14.7. The summed E-state index contributed by atoms with van der Waals surface area (Å²) in [5, 5.41) is 10.2. The fourth-order valence-electron chi connectivity index (χ4n) is 4.49. The Morgan fingerprint density at radius 2 is 2.04 bits per heavy atom. The summed E-state index contributed by atoms with van der Waals surface area (Å²) in [5.74, 6) is 0.0633. The Labute approximate surface area is 152 Å². The number of aromatic nitrogens is 3. The number of carboxylic acid groups (broad SMARTS) is 1. The molecule has 4 rings (SSSR count). The molecular weight excluding hydrogens is 330 g/mol. The largest absolute Gasteiger partial charge is 0.481 e. The van der Waals surface area contributed by atoms with E-state index >= 15 is 0 Å². The maximum Gasteiger partial charge on any atom is 0.313 e. The van der Waals surface area contributed by atoms with Crippen molar-refractivity contribution in [2.45, 2.75) is 31.8 Å². The number of piperidine rings is 2. The summed E-state index contributed by atoms with van der Waals surface area (Å²) in [7, 11) is 0. The normalized spacial score (nSPS) is 26.3. The van der Waals surface area contributed by atoms with Crippen molar-refractivity contribution in [2.75, 3.05) is 24.5 Å². The van der Waals surface area contributed by atoms with Crippen molar-refractivity contribution in [2.24, 2.45) is 5.41 Å². The van der Waals surface area contributed by atoms with Crippen LogP contribution < -0.4 is 4.90 Å². The number of nitrogens with zero attached hydrogens (tertiary/aromatic N) is 5. The van der Waals surface area contributed by atoms with E-state index in [1.54, 1.807) is 31.0 Å². The molecule has 2 fully saturated rings. The van der Waals surface area contributed by atoms with E-state index in [2.05, 4.69) is 24.8 Å². The molecule has 0 aliphatic carbocycles. The van der Waals surface area contributed by atoms with Gasteiger partial charge in [-0.15, -0.1) is 0 Å². The zero-order valence-electron chi connectivity index (χ0n) is 14.7. The zero-order chi connectivity index (χ0) is 18.0. The maximum atomic E-state index is 12.4. The predicted octanol–water partition coefficient (Wildman–Crippen LogP) is 1.82. The van der Waals surface area contributed by atoms with Crippen LogP contribution in [-0.4, -0.2) is 56.6 Å². The first-order valence-electron chi connectivity index (χ1n) is 9.06. The van der Waals surface area contributed by atoms with Crippen molar-refractivity contribution in [1.29, 1.82) is 0 Å². The molecule has 0 spiro atoms. The van der Waals surface area contributed by atoms with Crippen LogP contribution in [0.1, 0.15) is 24.8 Å². The average molecular weight is 353 g/mol. The molecule has 7 heteroatoms. The van der Waals surface area contributed by atoms with Gasteiger partial charge in [-0.2, -0.15) is 0 Å². The van der Waals surface area contributed by atoms with Crippen LogP contribution in [0.5, 0.6) is 0 Å². The second kappa shape index (κ2) is 6.99. The third-order valence-corrected chi connectivity index (χ3v) is 5.73. The summed E-state index contributed by atoms with van der Waals surface area (Å²) in [6, 6.07) is 4.05. The lowest BCUT2D eigenvalue weighted by molar-refractivity contribution is -0.158. The van der Waals surface area contributed by atoms with E-state index < -0.39 is 11.4 Å². The van der Waals surface area contributed by atoms with Gasteiger partial charge in [0, 0.05) is 50.5 Å². The molecule has 0 saturated carbocycles. The van der Waals surface area contributed by atoms with Gasteiger partial charge in [0.2, 0.25) is 0 Å². The molecule has 2 aromatic heterocycles. The summed E-state index contributed by atoms with van der Waals surface area (Å²) in [4.78, 5) is 29.4. The highest BCUT2D eigenvalue weighted by Crippen LogP contribution is 2.43. The summed E-state index contributed by atoms with van der Waals surface area (Å²) in [6.45, 7) is 2.99. The minimum absolute atomic E-state index is 0.0369. The standard InChI is InChI=1S/C19H23N5O2/c25-18(26)19-5-1-10-23(13-15-2-6-20-7-3-15)16(19)4-11-24(14-19)17-12-21-8-9-22-17/h2-3,6-9,12,16H,1,4-5,10-11,13-14H2,(H,25,26)/t16-,19+/m1/s1. The Kier molecular flexibility index (Phi) is 4.55. The van der Waals surface area contributed by atoms with Gasteiger partial charge in [-0.25, -0.2) is 4.98 Å². The van der Waals surface area contributed by atoms with Gasteiger partial charge < -0.3 is 10.0 Å². The molecule has 2 aliphatic rings. The number of likely N-dealkylation sites (tertiary alicyclic amines) is 1. The van der Waals surface area contributed by atoms with Gasteiger partial charge in [-0.3, -0.25) is 19.7 Å². The first-order valence-corrected chi connectivity index (χ1v) is 9.06. The first-order chi connectivity index (χ1) is 12.7. The Morgan fingerprint density at radius 3 is 2.77 bits per heavy atom. The monoisotopic (exact) mass is 353 g/mol. The Morgan fingerprint density at radius 1 is 1.19 bits per heavy atom. The lowest BCUT2D eigenvalue weighted by atomic mass is 9.69. The number of carboxylic acids is 1. The van der Waals surface area contributed by atoms with Crippen molar-refractivity contribution in [3.8, 4) is 0 Å². The maximum absolute atomic E-state index is 12.4. The molecule has 0 aromatic carbocycles. The smallest absolute Gasteiger partial charge is 0.313 e. The molecule has 2 aromatic rings. The van der Waals surface area contributed by atoms with Gasteiger partial charge in [0.1, 0.15) is 11.2 Å². The van der Waals surface area contributed by atoms with E-state index in [4.69, 9.17) is 0 Å². The molecule has 7 nitrogen and oxygen atoms in total. The number of aliphatic carboxylic acids is 1. The molecular formula is C19H23N5O2. The molecule has 2 saturated heterocycles. The van der Waals surface area contributed by atoms with E-state index in [1.165, 1.54) is 5.56 Å². The van der Waals surface area contributed by atoms with E-state index in [-0.39, 0.29) is 6.04 Å². The number of carbonyl (C=O) groups is 1. The fourth-order valence-corrected chi connectivity index (χ4v) is 4.49. The first kappa shape index (κ1) is 16.9. The summed E-state index contributed by atoms with van der Waals surface area (Å²) in [6.07, 6.45) is 11.0. The van der Waals surface area contributed by atoms with Crippen LogP contribution in [0.4, 0.5) is 5.82 Å². The van der Waals surface area contributed by atoms with Gasteiger partial charge in [0.25, 0.3) is 0 Å². The van der Waals surface area contributed by atoms with Crippen molar-refractivity contribution < 1.29 is 9.90 Å². The predicted molar refractivity (Wildman–Crippen MR) is 96.6 cm³/mol. The average Bonchev–Trinajstić information content (AvgIpc) is 2.69. The van der Waals surface area contributed by atoms with E-state index in [0.717, 1.165) is 38.3 Å². The quantitative estimate of drug-likeness (QED) is 0.898. The van der Waals surface area contributed by atoms with Crippen LogP contribution in [0.2, 0.25) is 0 Å². The van der Waals surface area contributed by atoms with Crippen LogP contribution in [-0.2, 0) is 11.3 Å². The third-order valence-electron chi connectivity index (χ3n) is 5.73. The molecule has 136 valence electrons. The van der Waals surface area contributed by atoms with Gasteiger partial charge in [-0.05, 0) is 43.5 Å². The molecule has 2 atom stereocenters. The number of fused-ring (bicyclic) bond motifs is 1. The molecule has 4 heterocycles. The SMILES string of the molecule is O=C(O)[C@]12CCCN(Cc3ccncc3)[C@@H]1CCN(c1cnccn1)C2. The number of rotatable bonds is 4. The Bertz CT molecular complexity index is 757. The highest BCUT2D eigenvalue weighted by Gasteiger charge is 2.53. The van der Waals surface area contributed by atoms with Crippen LogP contribution in [0.3, 0.4) is 0 Å². The van der Waals surface area contributed by atoms with Crippen molar-refractivity contribution in [1.82, 2.24) is 19.9 Å². The molecule has 0 unspecified atom stereocenters. The van der Waals surface area contributed by atoms with E-state index in [0.29, 0.717) is 13.0 Å². The summed E-state index contributed by atoms with van der Waals surface area (Å²) >= 11 is 0. The molecule has 26 heavy (non-hydrogen) atoms. The van der Waals surface area contributed by atoms with Gasteiger partial charge in [0.15, 0.2) is 0 Å². The van der Waals surface area contributed by atoms with Crippen molar-refractivity contribution in [3.05, 3.63) is 48.7 Å². The van der Waals surface area contributed by atoms with Crippen LogP contribution in [0.25, 0.3) is 0 Å². The number of anilines is 1. The fraction of sp³-hybridized carbons (Fsp3) is 0.474. The molecule has 0 radical (unpaired) electrons. The molecule has 0 bridgehead atoms. The van der Waals surface area contributed by atoms with Crippen LogP contribution in [0.15, 0.2) is 43.1 Å². The summed E-state index contributed by atoms with van der Waals surface area (Å²) in [5.41, 5.74) is 0.415. The minimum Gasteiger partial charge on any atom is -0.481 e. The second-order valence-electron chi connectivity index (χ2n) is 7.18. The lowest BCUT2D eigenvalue weighted by Crippen LogP contribution is -2.64. The van der Waals surface area contributed by atoms with Gasteiger partial charge in [0.05, 0.1) is 6.20 Å². The number of hydrogen-bond acceptors (Lipinski definition) is 6. The highest BCUT2D eigenvalue weighted by atomic mass is 16.4. The Balaban J connectivity index is 1.60. The lowest BCUT2D eigenvalue weighted by Gasteiger charge is -2.53. The summed E-state index contributed by atoms with van der Waals surface area (Å²) < 4.78 is 0. The molecule has 2 aliphatic heterocycles. The van der Waals surface area contributed by atoms with Gasteiger partial charge in [-0.1, -0.05) is 0 Å². The third kappa shape index (κ3) is 3.03. The van der Waals surface area contributed by atoms with E-state index in [1.807, 2.05) is 12.1 Å². The van der Waals surface area contributed by atoms with Gasteiger partial charge >= 0.3 is 5.97 Å². The van der Waals surface area contributed by atoms with Crippen molar-refractivity contribution in [3.63, 3.8) is 0 Å². The van der Waals surface area contributed by atoms with Crippen LogP contribution >= 0.6 is 0 Å². The number of hydrogen-bond donors (Lipinski definition) is 1. The second-order valence-corrected chi connectivity index (χ2v) is 7.18. The highest BCUT2D eigenvalue weighted by molar-refractivity contribution is 5.77.